The molecular weight excluding hydrogens is 394 g/mol. The molecule has 148 valence electrons. The number of thiazole rings is 1. The summed E-state index contributed by atoms with van der Waals surface area (Å²) < 4.78 is 30.8. The molecule has 1 aliphatic rings. The van der Waals surface area contributed by atoms with E-state index in [1.54, 1.807) is 37.0 Å². The van der Waals surface area contributed by atoms with E-state index < -0.39 is 9.84 Å². The number of rotatable bonds is 7. The fourth-order valence-corrected chi connectivity index (χ4v) is 6.11. The quantitative estimate of drug-likeness (QED) is 0.586. The minimum atomic E-state index is -3.43. The van der Waals surface area contributed by atoms with Gasteiger partial charge in [-0.15, -0.1) is 11.3 Å². The number of likely N-dealkylation sites (tertiary alicyclic amines) is 1. The number of fused-ring (bicyclic) bond motifs is 1. The molecule has 6 nitrogen and oxygen atoms in total. The van der Waals surface area contributed by atoms with Crippen molar-refractivity contribution in [2.75, 3.05) is 26.8 Å². The summed E-state index contributed by atoms with van der Waals surface area (Å²) in [6.07, 6.45) is 5.60. The number of benzene rings is 1. The molecule has 0 aliphatic carbocycles. The molecule has 0 saturated carbocycles. The topological polar surface area (TPSA) is 72.4 Å². The lowest BCUT2D eigenvalue weighted by molar-refractivity contribution is 0.140. The number of nitrogens with zero attached hydrogens (tertiary/aromatic N) is 3. The third-order valence-corrected chi connectivity index (χ3v) is 7.77. The Morgan fingerprint density at radius 3 is 2.93 bits per heavy atom. The summed E-state index contributed by atoms with van der Waals surface area (Å²) in [7, 11) is -1.71. The lowest BCUT2D eigenvalue weighted by atomic mass is 10.0. The SMILES string of the molecule is COCCN1CCCC1c1nccc2cc(S(=O)(=O)Cc3nccs3)ccc12. The Morgan fingerprint density at radius 1 is 1.25 bits per heavy atom. The highest BCUT2D eigenvalue weighted by molar-refractivity contribution is 7.90. The molecule has 3 heterocycles. The molecule has 1 aliphatic heterocycles. The van der Waals surface area contributed by atoms with Gasteiger partial charge in [0.2, 0.25) is 0 Å². The van der Waals surface area contributed by atoms with E-state index in [1.807, 2.05) is 12.1 Å². The highest BCUT2D eigenvalue weighted by Gasteiger charge is 2.28. The predicted octanol–water partition coefficient (Wildman–Crippen LogP) is 3.45. The van der Waals surface area contributed by atoms with Gasteiger partial charge in [0.15, 0.2) is 9.84 Å². The van der Waals surface area contributed by atoms with Crippen LogP contribution in [0.4, 0.5) is 0 Å². The molecule has 1 fully saturated rings. The Labute approximate surface area is 169 Å². The van der Waals surface area contributed by atoms with Crippen LogP contribution in [0.25, 0.3) is 10.8 Å². The molecule has 1 aromatic carbocycles. The molecule has 2 aromatic heterocycles. The maximum atomic E-state index is 12.8. The van der Waals surface area contributed by atoms with Crippen molar-refractivity contribution in [2.45, 2.75) is 29.5 Å². The summed E-state index contributed by atoms with van der Waals surface area (Å²) in [5, 5.41) is 4.32. The predicted molar refractivity (Wildman–Crippen MR) is 110 cm³/mol. The van der Waals surface area contributed by atoms with Gasteiger partial charge in [-0.2, -0.15) is 0 Å². The molecule has 1 atom stereocenters. The molecule has 0 spiro atoms. The number of hydrogen-bond donors (Lipinski definition) is 0. The number of hydrogen-bond acceptors (Lipinski definition) is 7. The molecule has 8 heteroatoms. The van der Waals surface area contributed by atoms with Crippen molar-refractivity contribution in [1.82, 2.24) is 14.9 Å². The van der Waals surface area contributed by atoms with Crippen molar-refractivity contribution in [2.24, 2.45) is 0 Å². The maximum Gasteiger partial charge on any atom is 0.184 e. The van der Waals surface area contributed by atoms with Crippen molar-refractivity contribution in [3.8, 4) is 0 Å². The van der Waals surface area contributed by atoms with Crippen molar-refractivity contribution < 1.29 is 13.2 Å². The van der Waals surface area contributed by atoms with Gasteiger partial charge in [0.1, 0.15) is 10.8 Å². The Bertz CT molecular complexity index is 1050. The van der Waals surface area contributed by atoms with E-state index in [0.29, 0.717) is 16.5 Å². The molecule has 0 bridgehead atoms. The van der Waals surface area contributed by atoms with E-state index in [4.69, 9.17) is 4.74 Å². The van der Waals surface area contributed by atoms with Crippen molar-refractivity contribution in [1.29, 1.82) is 0 Å². The number of methoxy groups -OCH3 is 1. The number of pyridine rings is 1. The van der Waals surface area contributed by atoms with Gasteiger partial charge in [-0.3, -0.25) is 9.88 Å². The molecular formula is C20H23N3O3S2. The van der Waals surface area contributed by atoms with Gasteiger partial charge in [0.05, 0.1) is 23.2 Å². The van der Waals surface area contributed by atoms with Crippen LogP contribution in [0.2, 0.25) is 0 Å². The molecule has 0 N–H and O–H groups in total. The minimum Gasteiger partial charge on any atom is -0.383 e. The Hall–Kier alpha value is -1.87. The second-order valence-electron chi connectivity index (χ2n) is 6.95. The van der Waals surface area contributed by atoms with Crippen LogP contribution in [0.1, 0.15) is 29.6 Å². The third kappa shape index (κ3) is 3.96. The van der Waals surface area contributed by atoms with Crippen LogP contribution in [0.5, 0.6) is 0 Å². The minimum absolute atomic E-state index is 0.0679. The second kappa shape index (κ2) is 8.24. The lowest BCUT2D eigenvalue weighted by Gasteiger charge is -2.24. The van der Waals surface area contributed by atoms with Crippen LogP contribution < -0.4 is 0 Å². The van der Waals surface area contributed by atoms with Crippen LogP contribution >= 0.6 is 11.3 Å². The summed E-state index contributed by atoms with van der Waals surface area (Å²) in [4.78, 5) is 11.5. The lowest BCUT2D eigenvalue weighted by Crippen LogP contribution is -2.27. The van der Waals surface area contributed by atoms with Crippen LogP contribution in [0.15, 0.2) is 46.9 Å². The molecule has 1 saturated heterocycles. The first-order chi connectivity index (χ1) is 13.6. The average Bonchev–Trinajstić information content (AvgIpc) is 3.37. The van der Waals surface area contributed by atoms with Crippen LogP contribution in [-0.2, 0) is 20.3 Å². The highest BCUT2D eigenvalue weighted by atomic mass is 32.2. The monoisotopic (exact) mass is 417 g/mol. The molecule has 28 heavy (non-hydrogen) atoms. The van der Waals surface area contributed by atoms with Gasteiger partial charge in [0, 0.05) is 36.8 Å². The zero-order chi connectivity index (χ0) is 19.6. The summed E-state index contributed by atoms with van der Waals surface area (Å²) in [5.41, 5.74) is 1.02. The smallest absolute Gasteiger partial charge is 0.184 e. The summed E-state index contributed by atoms with van der Waals surface area (Å²) >= 11 is 1.36. The first-order valence-electron chi connectivity index (χ1n) is 9.31. The fourth-order valence-electron chi connectivity index (χ4n) is 3.82. The van der Waals surface area contributed by atoms with E-state index >= 15 is 0 Å². The first kappa shape index (κ1) is 19.4. The van der Waals surface area contributed by atoms with E-state index in [1.165, 1.54) is 11.3 Å². The summed E-state index contributed by atoms with van der Waals surface area (Å²) in [5.74, 6) is -0.0679. The van der Waals surface area contributed by atoms with E-state index in [-0.39, 0.29) is 11.8 Å². The third-order valence-electron chi connectivity index (χ3n) is 5.18. The highest BCUT2D eigenvalue weighted by Crippen LogP contribution is 2.35. The van der Waals surface area contributed by atoms with Crippen LogP contribution in [0, 0.1) is 0 Å². The largest absolute Gasteiger partial charge is 0.383 e. The standard InChI is InChI=1S/C20H23N3O3S2/c1-26-11-10-23-9-2-3-18(23)20-17-5-4-16(13-15(17)6-7-22-20)28(24,25)14-19-21-8-12-27-19/h4-8,12-13,18H,2-3,9-11,14H2,1H3. The number of ether oxygens (including phenoxy) is 1. The zero-order valence-corrected chi connectivity index (χ0v) is 17.4. The maximum absolute atomic E-state index is 12.8. The molecule has 4 rings (SSSR count). The Balaban J connectivity index is 1.67. The van der Waals surface area contributed by atoms with Crippen molar-refractivity contribution >= 4 is 31.9 Å². The first-order valence-corrected chi connectivity index (χ1v) is 11.8. The molecule has 1 unspecified atom stereocenters. The molecule has 3 aromatic rings. The van der Waals surface area contributed by atoms with Crippen LogP contribution in [-0.4, -0.2) is 50.1 Å². The fraction of sp³-hybridized carbons (Fsp3) is 0.400. The molecule has 0 radical (unpaired) electrons. The van der Waals surface area contributed by atoms with Gasteiger partial charge >= 0.3 is 0 Å². The average molecular weight is 418 g/mol. The number of aromatic nitrogens is 2. The van der Waals surface area contributed by atoms with Crippen LogP contribution in [0.3, 0.4) is 0 Å². The van der Waals surface area contributed by atoms with Gasteiger partial charge in [0.25, 0.3) is 0 Å². The zero-order valence-electron chi connectivity index (χ0n) is 15.7. The van der Waals surface area contributed by atoms with E-state index in [9.17, 15) is 8.42 Å². The normalized spacial score (nSPS) is 18.1. The van der Waals surface area contributed by atoms with Gasteiger partial charge in [-0.25, -0.2) is 13.4 Å². The Kier molecular flexibility index (Phi) is 5.73. The molecule has 0 amide bonds. The summed E-state index contributed by atoms with van der Waals surface area (Å²) in [6, 6.07) is 7.49. The second-order valence-corrected chi connectivity index (χ2v) is 9.92. The van der Waals surface area contributed by atoms with E-state index in [0.717, 1.165) is 42.4 Å². The van der Waals surface area contributed by atoms with Crippen molar-refractivity contribution in [3.05, 3.63) is 52.7 Å². The van der Waals surface area contributed by atoms with Gasteiger partial charge < -0.3 is 4.74 Å². The number of sulfone groups is 1. The van der Waals surface area contributed by atoms with E-state index in [2.05, 4.69) is 14.9 Å². The summed E-state index contributed by atoms with van der Waals surface area (Å²) in [6.45, 7) is 2.60. The Morgan fingerprint density at radius 2 is 2.14 bits per heavy atom. The van der Waals surface area contributed by atoms with Gasteiger partial charge in [-0.1, -0.05) is 6.07 Å². The van der Waals surface area contributed by atoms with Crippen molar-refractivity contribution in [3.63, 3.8) is 0 Å². The van der Waals surface area contributed by atoms with Gasteiger partial charge in [-0.05, 0) is 43.0 Å².